The molecule has 0 atom stereocenters. The zero-order chi connectivity index (χ0) is 30.7. The van der Waals surface area contributed by atoms with Crippen molar-refractivity contribution in [1.82, 2.24) is 8.83 Å². The Morgan fingerprint density at radius 1 is 0.326 bits per heavy atom. The molecule has 0 saturated carbocycles. The highest BCUT2D eigenvalue weighted by Crippen LogP contribution is 2.33. The van der Waals surface area contributed by atoms with Crippen molar-refractivity contribution in [2.45, 2.75) is 219 Å². The maximum absolute atomic E-state index is 2.55. The second-order valence-electron chi connectivity index (χ2n) is 13.4. The smallest absolute Gasteiger partial charge is 0.0726 e. The molecule has 1 rings (SSSR count). The van der Waals surface area contributed by atoms with Gasteiger partial charge >= 0.3 is 0 Å². The number of rotatable bonds is 36. The molecular weight excluding hydrogens is 581 g/mol. The summed E-state index contributed by atoms with van der Waals surface area (Å²) in [7, 11) is 0. The molecule has 0 radical (unpaired) electrons. The molecule has 1 fully saturated rings. The van der Waals surface area contributed by atoms with Crippen LogP contribution in [-0.4, -0.2) is 32.1 Å². The summed E-state index contributed by atoms with van der Waals surface area (Å²) in [5, 5.41) is 0. The van der Waals surface area contributed by atoms with E-state index in [0.29, 0.717) is 0 Å². The van der Waals surface area contributed by atoms with Gasteiger partial charge in [-0.3, -0.25) is 0 Å². The maximum atomic E-state index is 2.55. The van der Waals surface area contributed by atoms with E-state index in [-0.39, 0.29) is 0 Å². The molecule has 0 amide bonds. The van der Waals surface area contributed by atoms with E-state index in [4.69, 9.17) is 0 Å². The van der Waals surface area contributed by atoms with Crippen molar-refractivity contribution in [3.63, 3.8) is 0 Å². The molecule has 5 heteroatoms. The third-order valence-corrected chi connectivity index (χ3v) is 12.6. The summed E-state index contributed by atoms with van der Waals surface area (Å²) < 4.78 is 5.10. The van der Waals surface area contributed by atoms with E-state index in [1.807, 2.05) is 0 Å². The first-order chi connectivity index (χ1) is 21.4. The third-order valence-electron chi connectivity index (χ3n) is 9.13. The van der Waals surface area contributed by atoms with Crippen molar-refractivity contribution in [1.29, 1.82) is 0 Å². The number of unbranched alkanes of at least 4 members (excludes halogenated alkanes) is 30. The molecule has 1 aliphatic heterocycles. The first-order valence-electron chi connectivity index (χ1n) is 19.8. The predicted octanol–water partition coefficient (Wildman–Crippen LogP) is 15.0. The van der Waals surface area contributed by atoms with Crippen LogP contribution in [0.4, 0.5) is 0 Å². The van der Waals surface area contributed by atoms with Crippen LogP contribution in [0.2, 0.25) is 0 Å². The lowest BCUT2D eigenvalue weighted by Crippen LogP contribution is -2.25. The van der Waals surface area contributed by atoms with E-state index in [1.165, 1.54) is 229 Å². The third kappa shape index (κ3) is 30.1. The van der Waals surface area contributed by atoms with E-state index in [0.717, 1.165) is 0 Å². The summed E-state index contributed by atoms with van der Waals surface area (Å²) in [5.74, 6) is 4.95. The molecule has 1 heterocycles. The van der Waals surface area contributed by atoms with Crippen molar-refractivity contribution in [2.75, 3.05) is 23.3 Å². The molecule has 1 saturated heterocycles. The van der Waals surface area contributed by atoms with Gasteiger partial charge in [0.2, 0.25) is 0 Å². The van der Waals surface area contributed by atoms with Gasteiger partial charge in [-0.25, -0.2) is 0 Å². The van der Waals surface area contributed by atoms with Gasteiger partial charge in [0.15, 0.2) is 0 Å². The Morgan fingerprint density at radius 2 is 0.535 bits per heavy atom. The number of hydrogen-bond donors (Lipinski definition) is 0. The molecule has 0 bridgehead atoms. The van der Waals surface area contributed by atoms with Crippen LogP contribution >= 0.6 is 35.7 Å². The monoisotopic (exact) mass is 659 g/mol. The Kier molecular flexibility index (Phi) is 35.0. The van der Waals surface area contributed by atoms with Gasteiger partial charge in [0, 0.05) is 11.5 Å². The quantitative estimate of drug-likeness (QED) is 0.0487. The van der Waals surface area contributed by atoms with Gasteiger partial charge in [-0.1, -0.05) is 230 Å². The average Bonchev–Trinajstić information content (AvgIpc) is 3.47. The molecule has 0 spiro atoms. The Hall–Kier alpha value is 0.970. The molecule has 0 aliphatic carbocycles. The second kappa shape index (κ2) is 35.8. The van der Waals surface area contributed by atoms with Crippen LogP contribution < -0.4 is 0 Å². The van der Waals surface area contributed by atoms with Gasteiger partial charge in [-0.2, -0.15) is 8.83 Å². The fourth-order valence-corrected chi connectivity index (χ4v) is 9.78. The second-order valence-corrected chi connectivity index (χ2v) is 16.5. The van der Waals surface area contributed by atoms with Crippen LogP contribution in [-0.2, 0) is 0 Å². The van der Waals surface area contributed by atoms with Crippen molar-refractivity contribution in [2.24, 2.45) is 0 Å². The predicted molar refractivity (Wildman–Crippen MR) is 205 cm³/mol. The molecular formula is C38H78N2S3. The minimum absolute atomic E-state index is 1.18. The maximum Gasteiger partial charge on any atom is 0.0726 e. The minimum Gasteiger partial charge on any atom is -0.164 e. The first-order valence-corrected chi connectivity index (χ1v) is 22.8. The van der Waals surface area contributed by atoms with Crippen LogP contribution in [0.15, 0.2) is 0 Å². The first kappa shape index (κ1) is 42.0. The summed E-state index contributed by atoms with van der Waals surface area (Å²) in [6, 6.07) is 0. The lowest BCUT2D eigenvalue weighted by molar-refractivity contribution is 0.287. The lowest BCUT2D eigenvalue weighted by Gasteiger charge is -2.24. The Labute approximate surface area is 285 Å². The Balaban J connectivity index is 1.77. The standard InChI is InChI=1S/C38H78N2S3/c1-3-5-7-9-11-13-15-17-19-21-23-25-27-29-31-33-35-42-39-37-41-38-40(39)43-36-34-32-30-28-26-24-22-20-18-16-14-12-10-8-6-4-2/h3-38H2,1-2H3. The van der Waals surface area contributed by atoms with Gasteiger partial charge in [0.05, 0.1) is 11.8 Å². The van der Waals surface area contributed by atoms with Crippen LogP contribution in [0.1, 0.15) is 219 Å². The average molecular weight is 659 g/mol. The highest BCUT2D eigenvalue weighted by Gasteiger charge is 2.22. The number of hydrogen-bond acceptors (Lipinski definition) is 5. The molecule has 0 aromatic carbocycles. The van der Waals surface area contributed by atoms with Crippen LogP contribution in [0.5, 0.6) is 0 Å². The zero-order valence-corrected chi connectivity index (χ0v) is 32.0. The minimum atomic E-state index is 1.18. The fraction of sp³-hybridized carbons (Fsp3) is 1.00. The van der Waals surface area contributed by atoms with Crippen LogP contribution in [0.3, 0.4) is 0 Å². The van der Waals surface area contributed by atoms with Crippen LogP contribution in [0, 0.1) is 0 Å². The Bertz CT molecular complexity index is 477. The molecule has 0 aromatic heterocycles. The van der Waals surface area contributed by atoms with E-state index in [1.54, 1.807) is 0 Å². The summed E-state index contributed by atoms with van der Waals surface area (Å²) in [5.41, 5.74) is 0. The number of hydrazine groups is 1. The summed E-state index contributed by atoms with van der Waals surface area (Å²) in [6.45, 7) is 4.62. The van der Waals surface area contributed by atoms with E-state index in [9.17, 15) is 0 Å². The van der Waals surface area contributed by atoms with Crippen molar-refractivity contribution in [3.05, 3.63) is 0 Å². The van der Waals surface area contributed by atoms with Gasteiger partial charge in [-0.15, -0.1) is 11.8 Å². The summed E-state index contributed by atoms with van der Waals surface area (Å²) >= 11 is 6.25. The molecule has 258 valence electrons. The highest BCUT2D eigenvalue weighted by atomic mass is 32.2. The molecule has 2 nitrogen and oxygen atoms in total. The summed E-state index contributed by atoms with van der Waals surface area (Å²) in [6.07, 6.45) is 46.6. The van der Waals surface area contributed by atoms with Crippen molar-refractivity contribution in [3.8, 4) is 0 Å². The van der Waals surface area contributed by atoms with Crippen molar-refractivity contribution >= 4 is 35.7 Å². The van der Waals surface area contributed by atoms with Gasteiger partial charge in [0.25, 0.3) is 0 Å². The largest absolute Gasteiger partial charge is 0.164 e. The summed E-state index contributed by atoms with van der Waals surface area (Å²) in [4.78, 5) is 0. The SMILES string of the molecule is CCCCCCCCCCCCCCCCCCSN1CSCN1SCCCCCCCCCCCCCCCCCC. The molecule has 0 N–H and O–H groups in total. The highest BCUT2D eigenvalue weighted by molar-refractivity contribution is 8.04. The fourth-order valence-electron chi connectivity index (χ4n) is 6.17. The van der Waals surface area contributed by atoms with E-state index < -0.39 is 0 Å². The molecule has 0 unspecified atom stereocenters. The molecule has 0 aromatic rings. The van der Waals surface area contributed by atoms with Gasteiger partial charge in [0.1, 0.15) is 0 Å². The van der Waals surface area contributed by atoms with Crippen molar-refractivity contribution < 1.29 is 0 Å². The van der Waals surface area contributed by atoms with Crippen LogP contribution in [0.25, 0.3) is 0 Å². The molecule has 43 heavy (non-hydrogen) atoms. The normalized spacial score (nSPS) is 14.4. The molecule has 1 aliphatic rings. The van der Waals surface area contributed by atoms with Gasteiger partial charge in [-0.05, 0) is 12.8 Å². The number of thioether (sulfide) groups is 1. The zero-order valence-electron chi connectivity index (χ0n) is 29.6. The Morgan fingerprint density at radius 3 is 0.767 bits per heavy atom. The van der Waals surface area contributed by atoms with E-state index >= 15 is 0 Å². The van der Waals surface area contributed by atoms with E-state index in [2.05, 4.69) is 58.3 Å². The number of nitrogens with zero attached hydrogens (tertiary/aromatic N) is 2. The lowest BCUT2D eigenvalue weighted by atomic mass is 10.0. The topological polar surface area (TPSA) is 6.48 Å². The van der Waals surface area contributed by atoms with Gasteiger partial charge < -0.3 is 0 Å².